The summed E-state index contributed by atoms with van der Waals surface area (Å²) in [4.78, 5) is 11.8. The van der Waals surface area contributed by atoms with E-state index in [0.717, 1.165) is 4.31 Å². The van der Waals surface area contributed by atoms with Crippen LogP contribution in [0.3, 0.4) is 0 Å². The van der Waals surface area contributed by atoms with Crippen molar-refractivity contribution in [1.82, 2.24) is 9.62 Å². The fourth-order valence-electron chi connectivity index (χ4n) is 1.45. The molecule has 0 aliphatic heterocycles. The van der Waals surface area contributed by atoms with Gasteiger partial charge in [0, 0.05) is 26.2 Å². The van der Waals surface area contributed by atoms with Crippen LogP contribution in [0.15, 0.2) is 18.2 Å². The SMILES string of the molecule is Cc1cc(F)ccc1C(=O)NCCS(=O)(=O)N(C)C. The molecule has 0 aliphatic carbocycles. The van der Waals surface area contributed by atoms with E-state index in [2.05, 4.69) is 5.32 Å². The zero-order chi connectivity index (χ0) is 14.6. The number of sulfonamides is 1. The van der Waals surface area contributed by atoms with Gasteiger partial charge in [0.05, 0.1) is 5.75 Å². The minimum atomic E-state index is -3.33. The Bertz CT molecular complexity index is 570. The minimum absolute atomic E-state index is 0.0101. The average molecular weight is 288 g/mol. The van der Waals surface area contributed by atoms with Gasteiger partial charge in [-0.2, -0.15) is 0 Å². The van der Waals surface area contributed by atoms with Crippen LogP contribution in [0.4, 0.5) is 4.39 Å². The van der Waals surface area contributed by atoms with Gasteiger partial charge in [0.15, 0.2) is 0 Å². The smallest absolute Gasteiger partial charge is 0.251 e. The molecular weight excluding hydrogens is 271 g/mol. The fraction of sp³-hybridized carbons (Fsp3) is 0.417. The number of nitrogens with zero attached hydrogens (tertiary/aromatic N) is 1. The Balaban J connectivity index is 2.62. The molecule has 1 aromatic carbocycles. The Labute approximate surface area is 112 Å². The van der Waals surface area contributed by atoms with Crippen LogP contribution in [0.5, 0.6) is 0 Å². The third kappa shape index (κ3) is 4.29. The van der Waals surface area contributed by atoms with E-state index < -0.39 is 21.7 Å². The number of rotatable bonds is 5. The Hall–Kier alpha value is -1.47. The first-order valence-electron chi connectivity index (χ1n) is 5.68. The van der Waals surface area contributed by atoms with Gasteiger partial charge in [0.2, 0.25) is 10.0 Å². The number of amides is 1. The van der Waals surface area contributed by atoms with E-state index in [9.17, 15) is 17.6 Å². The number of halogens is 1. The van der Waals surface area contributed by atoms with Crippen molar-refractivity contribution in [2.45, 2.75) is 6.92 Å². The lowest BCUT2D eigenvalue weighted by molar-refractivity contribution is 0.0955. The van der Waals surface area contributed by atoms with E-state index in [1.54, 1.807) is 6.92 Å². The highest BCUT2D eigenvalue weighted by Crippen LogP contribution is 2.09. The predicted octanol–water partition coefficient (Wildman–Crippen LogP) is 0.755. The number of hydrogen-bond acceptors (Lipinski definition) is 3. The highest BCUT2D eigenvalue weighted by Gasteiger charge is 2.15. The lowest BCUT2D eigenvalue weighted by Crippen LogP contribution is -2.34. The van der Waals surface area contributed by atoms with Crippen LogP contribution in [-0.4, -0.2) is 45.0 Å². The highest BCUT2D eigenvalue weighted by molar-refractivity contribution is 7.89. The number of hydrogen-bond donors (Lipinski definition) is 1. The molecule has 0 radical (unpaired) electrons. The van der Waals surface area contributed by atoms with Gasteiger partial charge in [-0.1, -0.05) is 0 Å². The molecule has 5 nitrogen and oxygen atoms in total. The number of nitrogens with one attached hydrogen (secondary N) is 1. The van der Waals surface area contributed by atoms with Gasteiger partial charge in [-0.25, -0.2) is 17.1 Å². The van der Waals surface area contributed by atoms with Gasteiger partial charge < -0.3 is 5.32 Å². The molecule has 0 saturated carbocycles. The van der Waals surface area contributed by atoms with E-state index >= 15 is 0 Å². The maximum Gasteiger partial charge on any atom is 0.251 e. The second kappa shape index (κ2) is 6.12. The first-order valence-corrected chi connectivity index (χ1v) is 7.29. The van der Waals surface area contributed by atoms with E-state index in [-0.39, 0.29) is 12.3 Å². The fourth-order valence-corrected chi connectivity index (χ4v) is 2.18. The molecule has 1 rings (SSSR count). The van der Waals surface area contributed by atoms with Crippen LogP contribution in [0.2, 0.25) is 0 Å². The van der Waals surface area contributed by atoms with Crippen molar-refractivity contribution in [2.24, 2.45) is 0 Å². The van der Waals surface area contributed by atoms with Gasteiger partial charge in [-0.3, -0.25) is 4.79 Å². The molecule has 0 bridgehead atoms. The third-order valence-electron chi connectivity index (χ3n) is 2.63. The Morgan fingerprint density at radius 3 is 2.53 bits per heavy atom. The van der Waals surface area contributed by atoms with Crippen molar-refractivity contribution in [3.8, 4) is 0 Å². The summed E-state index contributed by atoms with van der Waals surface area (Å²) in [6, 6.07) is 3.82. The molecule has 0 saturated heterocycles. The summed E-state index contributed by atoms with van der Waals surface area (Å²) < 4.78 is 37.0. The standard InChI is InChI=1S/C12H17FN2O3S/c1-9-8-10(13)4-5-11(9)12(16)14-6-7-19(17,18)15(2)3/h4-5,8H,6-7H2,1-3H3,(H,14,16). The lowest BCUT2D eigenvalue weighted by Gasteiger charge is -2.12. The molecule has 1 aromatic rings. The number of carbonyl (C=O) groups excluding carboxylic acids is 1. The van der Waals surface area contributed by atoms with Crippen molar-refractivity contribution in [2.75, 3.05) is 26.4 Å². The normalized spacial score (nSPS) is 11.6. The highest BCUT2D eigenvalue weighted by atomic mass is 32.2. The van der Waals surface area contributed by atoms with E-state index in [1.807, 2.05) is 0 Å². The van der Waals surface area contributed by atoms with Crippen molar-refractivity contribution in [3.63, 3.8) is 0 Å². The minimum Gasteiger partial charge on any atom is -0.351 e. The second-order valence-electron chi connectivity index (χ2n) is 4.31. The summed E-state index contributed by atoms with van der Waals surface area (Å²) in [7, 11) is -0.471. The molecule has 0 heterocycles. The molecule has 106 valence electrons. The topological polar surface area (TPSA) is 66.5 Å². The number of carbonyl (C=O) groups is 1. The van der Waals surface area contributed by atoms with Gasteiger partial charge in [-0.15, -0.1) is 0 Å². The monoisotopic (exact) mass is 288 g/mol. The maximum absolute atomic E-state index is 12.9. The quantitative estimate of drug-likeness (QED) is 0.869. The lowest BCUT2D eigenvalue weighted by atomic mass is 10.1. The van der Waals surface area contributed by atoms with Crippen LogP contribution in [-0.2, 0) is 10.0 Å². The summed E-state index contributed by atoms with van der Waals surface area (Å²) in [5, 5.41) is 2.50. The van der Waals surface area contributed by atoms with Gasteiger partial charge >= 0.3 is 0 Å². The van der Waals surface area contributed by atoms with Crippen LogP contribution in [0.25, 0.3) is 0 Å². The molecule has 1 amide bonds. The molecule has 0 unspecified atom stereocenters. The summed E-state index contributed by atoms with van der Waals surface area (Å²) in [6.07, 6.45) is 0. The largest absolute Gasteiger partial charge is 0.351 e. The predicted molar refractivity (Wildman–Crippen MR) is 70.9 cm³/mol. The van der Waals surface area contributed by atoms with Gasteiger partial charge in [0.1, 0.15) is 5.82 Å². The summed E-state index contributed by atoms with van der Waals surface area (Å²) in [5.41, 5.74) is 0.844. The zero-order valence-electron chi connectivity index (χ0n) is 11.1. The van der Waals surface area contributed by atoms with Gasteiger partial charge in [0.25, 0.3) is 5.91 Å². The molecule has 0 spiro atoms. The first-order chi connectivity index (χ1) is 8.74. The molecule has 7 heteroatoms. The number of benzene rings is 1. The van der Waals surface area contributed by atoms with Crippen molar-refractivity contribution in [1.29, 1.82) is 0 Å². The summed E-state index contributed by atoms with van der Waals surface area (Å²) >= 11 is 0. The molecule has 0 aromatic heterocycles. The Kier molecular flexibility index (Phi) is 5.02. The van der Waals surface area contributed by atoms with Crippen molar-refractivity contribution < 1.29 is 17.6 Å². The van der Waals surface area contributed by atoms with Crippen molar-refractivity contribution >= 4 is 15.9 Å². The molecule has 0 aliphatic rings. The van der Waals surface area contributed by atoms with E-state index in [4.69, 9.17) is 0 Å². The van der Waals surface area contributed by atoms with Crippen LogP contribution >= 0.6 is 0 Å². The molecule has 1 N–H and O–H groups in total. The average Bonchev–Trinajstić information content (AvgIpc) is 2.28. The Morgan fingerprint density at radius 2 is 2.00 bits per heavy atom. The van der Waals surface area contributed by atoms with Crippen LogP contribution < -0.4 is 5.32 Å². The molecular formula is C12H17FN2O3S. The number of aryl methyl sites for hydroxylation is 1. The van der Waals surface area contributed by atoms with Crippen LogP contribution in [0.1, 0.15) is 15.9 Å². The summed E-state index contributed by atoms with van der Waals surface area (Å²) in [6.45, 7) is 1.63. The van der Waals surface area contributed by atoms with E-state index in [1.165, 1.54) is 32.3 Å². The third-order valence-corrected chi connectivity index (χ3v) is 4.47. The zero-order valence-corrected chi connectivity index (χ0v) is 11.9. The molecule has 0 fully saturated rings. The second-order valence-corrected chi connectivity index (χ2v) is 6.62. The van der Waals surface area contributed by atoms with Crippen LogP contribution in [0, 0.1) is 12.7 Å². The van der Waals surface area contributed by atoms with E-state index in [0.29, 0.717) is 11.1 Å². The maximum atomic E-state index is 12.9. The van der Waals surface area contributed by atoms with Crippen molar-refractivity contribution in [3.05, 3.63) is 35.1 Å². The van der Waals surface area contributed by atoms with Gasteiger partial charge in [-0.05, 0) is 30.7 Å². The molecule has 0 atom stereocenters. The summed E-state index contributed by atoms with van der Waals surface area (Å²) in [5.74, 6) is -0.998. The Morgan fingerprint density at radius 1 is 1.37 bits per heavy atom. The molecule has 19 heavy (non-hydrogen) atoms. The first kappa shape index (κ1) is 15.6.